The van der Waals surface area contributed by atoms with E-state index in [0.717, 1.165) is 16.9 Å². The van der Waals surface area contributed by atoms with Gasteiger partial charge in [0.1, 0.15) is 4.32 Å². The molecule has 190 valence electrons. The highest BCUT2D eigenvalue weighted by Gasteiger charge is 2.31. The highest BCUT2D eigenvalue weighted by atomic mass is 32.2. The van der Waals surface area contributed by atoms with E-state index in [0.29, 0.717) is 32.9 Å². The molecule has 1 N–H and O–H groups in total. The Bertz CT molecular complexity index is 1350. The molecule has 1 aromatic heterocycles. The number of nitrogens with one attached hydrogen (secondary N) is 1. The van der Waals surface area contributed by atoms with Gasteiger partial charge in [0.05, 0.1) is 17.6 Å². The monoisotopic (exact) mass is 551 g/mol. The Hall–Kier alpha value is -3.34. The maximum Gasteiger partial charge on any atom is 0.337 e. The summed E-state index contributed by atoms with van der Waals surface area (Å²) < 4.78 is 5.16. The molecule has 1 saturated heterocycles. The molecule has 0 saturated carbocycles. The number of aryl methyl sites for hydroxylation is 1. The Morgan fingerprint density at radius 3 is 2.57 bits per heavy atom. The number of thioether (sulfide) groups is 1. The lowest BCUT2D eigenvalue weighted by Crippen LogP contribution is -2.29. The smallest absolute Gasteiger partial charge is 0.337 e. The zero-order valence-corrected chi connectivity index (χ0v) is 22.8. The summed E-state index contributed by atoms with van der Waals surface area (Å²) >= 11 is 8.07. The average molecular weight is 552 g/mol. The number of thiocarbonyl (C=S) groups is 1. The van der Waals surface area contributed by atoms with Gasteiger partial charge in [-0.3, -0.25) is 14.5 Å². The highest BCUT2D eigenvalue weighted by molar-refractivity contribution is 8.26. The van der Waals surface area contributed by atoms with E-state index in [4.69, 9.17) is 17.0 Å². The zero-order chi connectivity index (χ0) is 26.4. The van der Waals surface area contributed by atoms with Crippen molar-refractivity contribution in [3.63, 3.8) is 0 Å². The maximum absolute atomic E-state index is 12.8. The molecule has 1 aliphatic heterocycles. The van der Waals surface area contributed by atoms with Crippen molar-refractivity contribution in [1.29, 1.82) is 0 Å². The SMILES string of the molecule is COC(=O)c1ccc(C=C2SC(=S)N(CCCC(=O)Nc3ncc(Cc4ccc(C)cc4)s3)C2=O)cc1. The number of amides is 2. The summed E-state index contributed by atoms with van der Waals surface area (Å²) in [6.07, 6.45) is 5.02. The third-order valence-electron chi connectivity index (χ3n) is 5.59. The summed E-state index contributed by atoms with van der Waals surface area (Å²) in [7, 11) is 1.33. The molecule has 2 heterocycles. The second-order valence-electron chi connectivity index (χ2n) is 8.39. The molecular weight excluding hydrogens is 527 g/mol. The third-order valence-corrected chi connectivity index (χ3v) is 7.88. The summed E-state index contributed by atoms with van der Waals surface area (Å²) in [5, 5.41) is 3.41. The number of rotatable bonds is 9. The van der Waals surface area contributed by atoms with Crippen LogP contribution < -0.4 is 5.32 Å². The van der Waals surface area contributed by atoms with Gasteiger partial charge in [0.25, 0.3) is 5.91 Å². The number of hydrogen-bond donors (Lipinski definition) is 1. The van der Waals surface area contributed by atoms with Crippen LogP contribution in [0.15, 0.2) is 59.6 Å². The summed E-state index contributed by atoms with van der Waals surface area (Å²) in [4.78, 5) is 44.3. The highest BCUT2D eigenvalue weighted by Crippen LogP contribution is 2.33. The number of nitrogens with zero attached hydrogens (tertiary/aromatic N) is 2. The molecule has 10 heteroatoms. The Kier molecular flexibility index (Phi) is 8.86. The van der Waals surface area contributed by atoms with E-state index in [9.17, 15) is 14.4 Å². The van der Waals surface area contributed by atoms with E-state index in [1.165, 1.54) is 46.2 Å². The summed E-state index contributed by atoms with van der Waals surface area (Å²) in [6.45, 7) is 2.41. The van der Waals surface area contributed by atoms with E-state index >= 15 is 0 Å². The Labute approximate surface area is 228 Å². The molecule has 1 aliphatic rings. The van der Waals surface area contributed by atoms with Crippen molar-refractivity contribution < 1.29 is 19.1 Å². The number of carbonyl (C=O) groups excluding carboxylic acids is 3. The zero-order valence-electron chi connectivity index (χ0n) is 20.4. The largest absolute Gasteiger partial charge is 0.465 e. The van der Waals surface area contributed by atoms with Crippen LogP contribution in [0.1, 0.15) is 44.8 Å². The van der Waals surface area contributed by atoms with Gasteiger partial charge in [0, 0.05) is 30.5 Å². The molecule has 4 rings (SSSR count). The quantitative estimate of drug-likeness (QED) is 0.215. The first kappa shape index (κ1) is 26.7. The lowest BCUT2D eigenvalue weighted by Gasteiger charge is -2.13. The molecule has 0 aliphatic carbocycles. The van der Waals surface area contributed by atoms with Gasteiger partial charge in [0.2, 0.25) is 5.91 Å². The maximum atomic E-state index is 12.8. The fraction of sp³-hybridized carbons (Fsp3) is 0.222. The number of thiazole rings is 1. The van der Waals surface area contributed by atoms with E-state index in [1.807, 2.05) is 0 Å². The van der Waals surface area contributed by atoms with Crippen LogP contribution in [0.25, 0.3) is 6.08 Å². The van der Waals surface area contributed by atoms with Crippen molar-refractivity contribution in [1.82, 2.24) is 9.88 Å². The van der Waals surface area contributed by atoms with Gasteiger partial charge in [-0.05, 0) is 42.7 Å². The number of aromatic nitrogens is 1. The fourth-order valence-corrected chi connectivity index (χ4v) is 5.78. The van der Waals surface area contributed by atoms with Gasteiger partial charge in [-0.1, -0.05) is 65.9 Å². The van der Waals surface area contributed by atoms with Crippen LogP contribution in [0.3, 0.4) is 0 Å². The Morgan fingerprint density at radius 2 is 1.86 bits per heavy atom. The molecule has 3 aromatic rings. The van der Waals surface area contributed by atoms with Crippen LogP contribution in [-0.4, -0.2) is 45.6 Å². The normalized spacial score (nSPS) is 14.3. The van der Waals surface area contributed by atoms with Crippen molar-refractivity contribution in [3.05, 3.63) is 86.8 Å². The van der Waals surface area contributed by atoms with E-state index in [-0.39, 0.29) is 18.2 Å². The standard InChI is InChI=1S/C27H25N3O4S3/c1-17-5-7-18(8-6-17)14-21-16-28-26(36-21)29-23(31)4-3-13-30-24(32)22(37-27(30)35)15-19-9-11-20(12-10-19)25(33)34-2/h5-12,15-16H,3-4,13-14H2,1-2H3,(H,28,29,31). The van der Waals surface area contributed by atoms with Gasteiger partial charge in [0.15, 0.2) is 5.13 Å². The Morgan fingerprint density at radius 1 is 1.14 bits per heavy atom. The molecule has 2 aromatic carbocycles. The second-order valence-corrected chi connectivity index (χ2v) is 11.2. The number of hydrogen-bond acceptors (Lipinski definition) is 8. The van der Waals surface area contributed by atoms with Crippen LogP contribution in [-0.2, 0) is 20.7 Å². The van der Waals surface area contributed by atoms with Gasteiger partial charge in [-0.25, -0.2) is 9.78 Å². The minimum absolute atomic E-state index is 0.150. The number of methoxy groups -OCH3 is 1. The van der Waals surface area contributed by atoms with Crippen molar-refractivity contribution in [2.75, 3.05) is 19.0 Å². The van der Waals surface area contributed by atoms with Gasteiger partial charge in [-0.15, -0.1) is 11.3 Å². The summed E-state index contributed by atoms with van der Waals surface area (Å²) in [5.74, 6) is -0.754. The molecule has 2 amide bonds. The number of benzene rings is 2. The van der Waals surface area contributed by atoms with Crippen LogP contribution in [0.4, 0.5) is 5.13 Å². The second kappa shape index (κ2) is 12.3. The van der Waals surface area contributed by atoms with Crippen molar-refractivity contribution in [2.45, 2.75) is 26.2 Å². The summed E-state index contributed by atoms with van der Waals surface area (Å²) in [6, 6.07) is 15.1. The van der Waals surface area contributed by atoms with Crippen molar-refractivity contribution >= 4 is 68.6 Å². The number of carbonyl (C=O) groups is 3. The number of anilines is 1. The molecule has 0 bridgehead atoms. The molecule has 7 nitrogen and oxygen atoms in total. The van der Waals surface area contributed by atoms with Crippen molar-refractivity contribution in [2.24, 2.45) is 0 Å². The molecule has 0 unspecified atom stereocenters. The average Bonchev–Trinajstić information content (AvgIpc) is 3.43. The Balaban J connectivity index is 1.25. The van der Waals surface area contributed by atoms with Crippen LogP contribution in [0.2, 0.25) is 0 Å². The molecule has 1 fully saturated rings. The van der Waals surface area contributed by atoms with Gasteiger partial charge >= 0.3 is 5.97 Å². The van der Waals surface area contributed by atoms with E-state index < -0.39 is 5.97 Å². The predicted octanol–water partition coefficient (Wildman–Crippen LogP) is 5.45. The van der Waals surface area contributed by atoms with Crippen LogP contribution in [0, 0.1) is 6.92 Å². The fourth-order valence-electron chi connectivity index (χ4n) is 3.61. The minimum Gasteiger partial charge on any atom is -0.465 e. The number of esters is 1. The lowest BCUT2D eigenvalue weighted by atomic mass is 10.1. The first-order valence-electron chi connectivity index (χ1n) is 11.6. The third kappa shape index (κ3) is 7.12. The van der Waals surface area contributed by atoms with Crippen molar-refractivity contribution in [3.8, 4) is 0 Å². The first-order chi connectivity index (χ1) is 17.8. The van der Waals surface area contributed by atoms with Crippen LogP contribution >= 0.6 is 35.3 Å². The lowest BCUT2D eigenvalue weighted by molar-refractivity contribution is -0.122. The van der Waals surface area contributed by atoms with Gasteiger partial charge < -0.3 is 10.1 Å². The van der Waals surface area contributed by atoms with Crippen LogP contribution in [0.5, 0.6) is 0 Å². The molecule has 0 atom stereocenters. The molecule has 0 spiro atoms. The van der Waals surface area contributed by atoms with E-state index in [1.54, 1.807) is 36.5 Å². The van der Waals surface area contributed by atoms with E-state index in [2.05, 4.69) is 41.5 Å². The predicted molar refractivity (Wildman–Crippen MR) is 152 cm³/mol. The molecule has 37 heavy (non-hydrogen) atoms. The van der Waals surface area contributed by atoms with Gasteiger partial charge in [-0.2, -0.15) is 0 Å². The summed E-state index contributed by atoms with van der Waals surface area (Å²) in [5.41, 5.74) is 3.63. The topological polar surface area (TPSA) is 88.6 Å². The molecular formula is C27H25N3O4S3. The molecule has 0 radical (unpaired) electrons. The first-order valence-corrected chi connectivity index (χ1v) is 13.6. The number of ether oxygens (including phenoxy) is 1. The minimum atomic E-state index is -0.417.